The summed E-state index contributed by atoms with van der Waals surface area (Å²) in [7, 11) is 1.59. The van der Waals surface area contributed by atoms with Crippen molar-refractivity contribution in [3.63, 3.8) is 0 Å². The van der Waals surface area contributed by atoms with Crippen molar-refractivity contribution in [2.75, 3.05) is 13.7 Å². The van der Waals surface area contributed by atoms with Gasteiger partial charge in [-0.1, -0.05) is 12.1 Å². The predicted molar refractivity (Wildman–Crippen MR) is 90.9 cm³/mol. The van der Waals surface area contributed by atoms with Crippen molar-refractivity contribution in [2.45, 2.75) is 32.9 Å². The molecule has 1 saturated heterocycles. The van der Waals surface area contributed by atoms with Crippen molar-refractivity contribution < 1.29 is 24.2 Å². The van der Waals surface area contributed by atoms with Crippen molar-refractivity contribution in [3.05, 3.63) is 29.8 Å². The summed E-state index contributed by atoms with van der Waals surface area (Å²) in [6, 6.07) is 6.94. The minimum Gasteiger partial charge on any atom is -0.497 e. The third-order valence-electron chi connectivity index (χ3n) is 4.63. The molecule has 1 aliphatic heterocycles. The molecule has 3 unspecified atom stereocenters. The predicted octanol–water partition coefficient (Wildman–Crippen LogP) is 1.27. The van der Waals surface area contributed by atoms with Crippen LogP contribution in [-0.2, 0) is 20.9 Å². The topological polar surface area (TPSA) is 95.9 Å². The van der Waals surface area contributed by atoms with Gasteiger partial charge in [-0.3, -0.25) is 14.4 Å². The second-order valence-electron chi connectivity index (χ2n) is 6.45. The fourth-order valence-electron chi connectivity index (χ4n) is 2.73. The van der Waals surface area contributed by atoms with Crippen molar-refractivity contribution in [3.8, 4) is 5.75 Å². The Morgan fingerprint density at radius 2 is 1.96 bits per heavy atom. The van der Waals surface area contributed by atoms with E-state index in [9.17, 15) is 14.4 Å². The number of likely N-dealkylation sites (tertiary alicyclic amines) is 1. The first-order valence-electron chi connectivity index (χ1n) is 8.25. The quantitative estimate of drug-likeness (QED) is 0.774. The number of rotatable bonds is 7. The van der Waals surface area contributed by atoms with Gasteiger partial charge >= 0.3 is 5.97 Å². The van der Waals surface area contributed by atoms with Crippen molar-refractivity contribution >= 4 is 17.8 Å². The number of nitrogens with zero attached hydrogens (tertiary/aromatic N) is 1. The molecule has 1 aromatic rings. The largest absolute Gasteiger partial charge is 0.497 e. The molecular formula is C18H24N2O5. The highest BCUT2D eigenvalue weighted by molar-refractivity contribution is 5.89. The number of nitrogens with one attached hydrogen (secondary N) is 1. The number of methoxy groups -OCH3 is 1. The molecule has 1 fully saturated rings. The van der Waals surface area contributed by atoms with Crippen LogP contribution in [-0.4, -0.2) is 47.5 Å². The third-order valence-corrected chi connectivity index (χ3v) is 4.63. The maximum absolute atomic E-state index is 12.3. The number of carboxylic acid groups (broad SMARTS) is 1. The molecule has 0 radical (unpaired) electrons. The summed E-state index contributed by atoms with van der Waals surface area (Å²) >= 11 is 0. The minimum absolute atomic E-state index is 0.0742. The summed E-state index contributed by atoms with van der Waals surface area (Å²) in [5.74, 6) is -1.70. The number of hydrogen-bond donors (Lipinski definition) is 2. The minimum atomic E-state index is -0.962. The molecule has 2 rings (SSSR count). The molecule has 7 heteroatoms. The molecule has 0 spiro atoms. The number of carbonyl (C=O) groups excluding carboxylic acids is 2. The lowest BCUT2D eigenvalue weighted by Gasteiger charge is -2.20. The van der Waals surface area contributed by atoms with E-state index >= 15 is 0 Å². The van der Waals surface area contributed by atoms with E-state index in [4.69, 9.17) is 9.84 Å². The lowest BCUT2D eigenvalue weighted by Crippen LogP contribution is -2.43. The van der Waals surface area contributed by atoms with Gasteiger partial charge in [-0.25, -0.2) is 0 Å². The summed E-state index contributed by atoms with van der Waals surface area (Å²) in [5.41, 5.74) is 0.961. The number of aliphatic carboxylic acids is 1. The average molecular weight is 348 g/mol. The van der Waals surface area contributed by atoms with Crippen LogP contribution in [0.4, 0.5) is 0 Å². The first-order valence-corrected chi connectivity index (χ1v) is 8.25. The Balaban J connectivity index is 1.92. The molecule has 3 atom stereocenters. The van der Waals surface area contributed by atoms with E-state index in [2.05, 4.69) is 5.32 Å². The molecule has 25 heavy (non-hydrogen) atoms. The first-order chi connectivity index (χ1) is 11.8. The molecule has 2 N–H and O–H groups in total. The summed E-state index contributed by atoms with van der Waals surface area (Å²) in [6.07, 6.45) is 0.149. The number of carboxylic acids is 1. The monoisotopic (exact) mass is 348 g/mol. The number of carbonyl (C=O) groups is 3. The van der Waals surface area contributed by atoms with E-state index in [0.717, 1.165) is 11.3 Å². The van der Waals surface area contributed by atoms with Crippen LogP contribution in [0.15, 0.2) is 24.3 Å². The van der Waals surface area contributed by atoms with Gasteiger partial charge in [-0.2, -0.15) is 0 Å². The van der Waals surface area contributed by atoms with Crippen molar-refractivity contribution in [1.29, 1.82) is 0 Å². The van der Waals surface area contributed by atoms with Gasteiger partial charge in [0.15, 0.2) is 0 Å². The Morgan fingerprint density at radius 1 is 1.32 bits per heavy atom. The highest BCUT2D eigenvalue weighted by Gasteiger charge is 2.35. The average Bonchev–Trinajstić information content (AvgIpc) is 2.95. The second kappa shape index (κ2) is 8.00. The summed E-state index contributed by atoms with van der Waals surface area (Å²) in [5, 5.41) is 11.7. The first kappa shape index (κ1) is 18.8. The highest BCUT2D eigenvalue weighted by atomic mass is 16.5. The Hall–Kier alpha value is -2.57. The number of hydrogen-bond acceptors (Lipinski definition) is 4. The molecule has 1 heterocycles. The van der Waals surface area contributed by atoms with Crippen molar-refractivity contribution in [2.24, 2.45) is 11.8 Å². The lowest BCUT2D eigenvalue weighted by molar-refractivity contribution is -0.142. The SMILES string of the molecule is COc1ccc(CN2CC(C(=O)NC(C)C(C)C(=O)O)CC2=O)cc1. The fraction of sp³-hybridized carbons (Fsp3) is 0.500. The van der Waals surface area contributed by atoms with Gasteiger partial charge < -0.3 is 20.1 Å². The van der Waals surface area contributed by atoms with E-state index in [0.29, 0.717) is 13.1 Å². The van der Waals surface area contributed by atoms with E-state index in [1.807, 2.05) is 24.3 Å². The zero-order chi connectivity index (χ0) is 18.6. The number of benzene rings is 1. The summed E-state index contributed by atoms with van der Waals surface area (Å²) in [4.78, 5) is 37.1. The molecule has 0 aromatic heterocycles. The Labute approximate surface area is 147 Å². The smallest absolute Gasteiger partial charge is 0.308 e. The van der Waals surface area contributed by atoms with Gasteiger partial charge in [-0.15, -0.1) is 0 Å². The second-order valence-corrected chi connectivity index (χ2v) is 6.45. The van der Waals surface area contributed by atoms with E-state index in [1.165, 1.54) is 0 Å². The number of ether oxygens (including phenoxy) is 1. The van der Waals surface area contributed by atoms with Crippen LogP contribution < -0.4 is 10.1 Å². The van der Waals surface area contributed by atoms with Crippen LogP contribution in [0.3, 0.4) is 0 Å². The van der Waals surface area contributed by atoms with Crippen LogP contribution in [0.2, 0.25) is 0 Å². The summed E-state index contributed by atoms with van der Waals surface area (Å²) < 4.78 is 5.11. The van der Waals surface area contributed by atoms with Gasteiger partial charge in [0.1, 0.15) is 5.75 Å². The van der Waals surface area contributed by atoms with Crippen LogP contribution in [0.5, 0.6) is 5.75 Å². The maximum atomic E-state index is 12.3. The van der Waals surface area contributed by atoms with Gasteiger partial charge in [0.05, 0.1) is 18.9 Å². The fourth-order valence-corrected chi connectivity index (χ4v) is 2.73. The van der Waals surface area contributed by atoms with E-state index < -0.39 is 23.8 Å². The molecular weight excluding hydrogens is 324 g/mol. The molecule has 1 aromatic carbocycles. The van der Waals surface area contributed by atoms with E-state index in [-0.39, 0.29) is 18.2 Å². The van der Waals surface area contributed by atoms with Crippen LogP contribution >= 0.6 is 0 Å². The van der Waals surface area contributed by atoms with E-state index in [1.54, 1.807) is 25.9 Å². The molecule has 7 nitrogen and oxygen atoms in total. The molecule has 2 amide bonds. The van der Waals surface area contributed by atoms with Crippen LogP contribution in [0, 0.1) is 11.8 Å². The summed E-state index contributed by atoms with van der Waals surface area (Å²) in [6.45, 7) is 3.98. The lowest BCUT2D eigenvalue weighted by atomic mass is 10.0. The molecule has 136 valence electrons. The van der Waals surface area contributed by atoms with Crippen molar-refractivity contribution in [1.82, 2.24) is 10.2 Å². The maximum Gasteiger partial charge on any atom is 0.308 e. The molecule has 0 bridgehead atoms. The molecule has 0 saturated carbocycles. The van der Waals surface area contributed by atoms with Crippen LogP contribution in [0.25, 0.3) is 0 Å². The van der Waals surface area contributed by atoms with Gasteiger partial charge in [0.25, 0.3) is 0 Å². The van der Waals surface area contributed by atoms with Gasteiger partial charge in [-0.05, 0) is 31.5 Å². The van der Waals surface area contributed by atoms with Gasteiger partial charge in [0.2, 0.25) is 11.8 Å². The Kier molecular flexibility index (Phi) is 6.01. The molecule has 0 aliphatic carbocycles. The Morgan fingerprint density at radius 3 is 2.52 bits per heavy atom. The highest BCUT2D eigenvalue weighted by Crippen LogP contribution is 2.22. The molecule has 1 aliphatic rings. The Bertz CT molecular complexity index is 643. The number of amides is 2. The van der Waals surface area contributed by atoms with Crippen LogP contribution in [0.1, 0.15) is 25.8 Å². The normalized spacial score (nSPS) is 19.4. The van der Waals surface area contributed by atoms with Gasteiger partial charge in [0, 0.05) is 25.6 Å². The third kappa shape index (κ3) is 4.71. The zero-order valence-electron chi connectivity index (χ0n) is 14.7. The standard InChI is InChI=1S/C18H24N2O5/c1-11(18(23)24)12(2)19-17(22)14-8-16(21)20(10-14)9-13-4-6-15(25-3)7-5-13/h4-7,11-12,14H,8-10H2,1-3H3,(H,19,22)(H,23,24). The zero-order valence-corrected chi connectivity index (χ0v) is 14.7.